The number of rotatable bonds is 6. The van der Waals surface area contributed by atoms with Gasteiger partial charge in [0.25, 0.3) is 0 Å². The van der Waals surface area contributed by atoms with Gasteiger partial charge >= 0.3 is 10.3 Å². The summed E-state index contributed by atoms with van der Waals surface area (Å²) < 4.78 is 28.6. The zero-order valence-corrected chi connectivity index (χ0v) is 15.7. The number of hydrogen-bond donors (Lipinski definition) is 2. The maximum atomic E-state index is 11.2. The number of phenolic OH excluding ortho intramolecular Hbond substituents is 1. The Labute approximate surface area is 165 Å². The summed E-state index contributed by atoms with van der Waals surface area (Å²) in [6, 6.07) is 11.5. The number of aromatic nitrogens is 3. The third-order valence-corrected chi connectivity index (χ3v) is 4.31. The molecule has 2 aromatic carbocycles. The van der Waals surface area contributed by atoms with Crippen LogP contribution >= 0.6 is 11.6 Å². The zero-order valence-electron chi connectivity index (χ0n) is 14.1. The molecule has 0 saturated heterocycles. The molecule has 3 rings (SSSR count). The van der Waals surface area contributed by atoms with E-state index in [9.17, 15) is 13.5 Å². The van der Waals surface area contributed by atoms with Crippen molar-refractivity contribution < 1.29 is 17.7 Å². The van der Waals surface area contributed by atoms with Crippen molar-refractivity contribution >= 4 is 27.6 Å². The normalized spacial score (nSPS) is 11.0. The van der Waals surface area contributed by atoms with Crippen molar-refractivity contribution in [3.63, 3.8) is 0 Å². The Kier molecular flexibility index (Phi) is 5.36. The van der Waals surface area contributed by atoms with Crippen LogP contribution in [0.25, 0.3) is 0 Å². The lowest BCUT2D eigenvalue weighted by Crippen LogP contribution is -2.28. The van der Waals surface area contributed by atoms with Gasteiger partial charge in [-0.05, 0) is 42.0 Å². The highest BCUT2D eigenvalue weighted by molar-refractivity contribution is 7.84. The van der Waals surface area contributed by atoms with Gasteiger partial charge in [-0.15, -0.1) is 10.2 Å². The molecule has 0 radical (unpaired) electrons. The van der Waals surface area contributed by atoms with E-state index in [0.29, 0.717) is 16.8 Å². The van der Waals surface area contributed by atoms with Crippen LogP contribution in [0, 0.1) is 11.3 Å². The average molecular weight is 421 g/mol. The summed E-state index contributed by atoms with van der Waals surface area (Å²) in [5.74, 6) is -0.942. The number of nitriles is 1. The van der Waals surface area contributed by atoms with E-state index in [0.717, 1.165) is 0 Å². The molecule has 0 saturated carbocycles. The first-order valence-corrected chi connectivity index (χ1v) is 9.48. The van der Waals surface area contributed by atoms with Gasteiger partial charge in [-0.1, -0.05) is 11.6 Å². The van der Waals surface area contributed by atoms with Crippen molar-refractivity contribution in [2.24, 2.45) is 5.14 Å². The van der Waals surface area contributed by atoms with Crippen molar-refractivity contribution in [3.8, 4) is 17.6 Å². The smallest absolute Gasteiger partial charge is 0.380 e. The van der Waals surface area contributed by atoms with E-state index in [1.54, 1.807) is 34.0 Å². The topological polar surface area (TPSA) is 147 Å². The van der Waals surface area contributed by atoms with E-state index < -0.39 is 21.8 Å². The van der Waals surface area contributed by atoms with Gasteiger partial charge in [0, 0.05) is 0 Å². The largest absolute Gasteiger partial charge is 0.503 e. The van der Waals surface area contributed by atoms with E-state index in [1.807, 2.05) is 6.07 Å². The first-order valence-electron chi connectivity index (χ1n) is 7.63. The van der Waals surface area contributed by atoms with Crippen LogP contribution in [0.2, 0.25) is 5.02 Å². The number of nitrogens with two attached hydrogens (primary N) is 1. The first kappa shape index (κ1) is 19.4. The lowest BCUT2D eigenvalue weighted by Gasteiger charge is -2.25. The quantitative estimate of drug-likeness (QED) is 0.610. The number of halogens is 1. The Morgan fingerprint density at radius 1 is 1.25 bits per heavy atom. The van der Waals surface area contributed by atoms with Crippen LogP contribution in [0.5, 0.6) is 11.5 Å². The molecular formula is C16H13ClN6O4S. The van der Waals surface area contributed by atoms with Gasteiger partial charge in [0.05, 0.1) is 28.9 Å². The lowest BCUT2D eigenvalue weighted by atomic mass is 10.1. The third kappa shape index (κ3) is 4.49. The van der Waals surface area contributed by atoms with Crippen molar-refractivity contribution in [1.29, 1.82) is 5.26 Å². The Bertz CT molecular complexity index is 1130. The molecule has 3 aromatic rings. The maximum Gasteiger partial charge on any atom is 0.380 e. The van der Waals surface area contributed by atoms with E-state index in [4.69, 9.17) is 22.0 Å². The minimum Gasteiger partial charge on any atom is -0.503 e. The minimum absolute atomic E-state index is 0.111. The zero-order chi connectivity index (χ0) is 20.3. The molecule has 12 heteroatoms. The average Bonchev–Trinajstić information content (AvgIpc) is 3.17. The first-order chi connectivity index (χ1) is 13.3. The number of phenols is 1. The van der Waals surface area contributed by atoms with E-state index in [-0.39, 0.29) is 11.6 Å². The molecule has 1 heterocycles. The molecule has 0 fully saturated rings. The summed E-state index contributed by atoms with van der Waals surface area (Å²) in [5, 5.41) is 32.9. The highest BCUT2D eigenvalue weighted by atomic mass is 35.5. The van der Waals surface area contributed by atoms with Crippen LogP contribution in [0.4, 0.5) is 5.69 Å². The highest BCUT2D eigenvalue weighted by Crippen LogP contribution is 2.36. The lowest BCUT2D eigenvalue weighted by molar-refractivity contribution is 0.428. The van der Waals surface area contributed by atoms with Crippen LogP contribution in [0.1, 0.15) is 11.1 Å². The number of aromatic hydroxyl groups is 1. The molecule has 0 bridgehead atoms. The molecule has 0 aliphatic carbocycles. The van der Waals surface area contributed by atoms with Crippen LogP contribution in [0.3, 0.4) is 0 Å². The van der Waals surface area contributed by atoms with Gasteiger partial charge in [-0.25, -0.2) is 4.68 Å². The van der Waals surface area contributed by atoms with E-state index in [1.165, 1.54) is 24.8 Å². The SMILES string of the molecule is N#Cc1ccc(N(Cc2cc(Cl)c(O)c(OS(N)(=O)=O)c2)n2cnnc2)cc1. The Hall–Kier alpha value is -3.33. The second-order valence-electron chi connectivity index (χ2n) is 5.56. The summed E-state index contributed by atoms with van der Waals surface area (Å²) in [4.78, 5) is 0. The van der Waals surface area contributed by atoms with Crippen LogP contribution < -0.4 is 14.3 Å². The van der Waals surface area contributed by atoms with Gasteiger partial charge in [0.15, 0.2) is 11.5 Å². The predicted molar refractivity (Wildman–Crippen MR) is 99.6 cm³/mol. The molecule has 0 unspecified atom stereocenters. The number of nitrogens with zero attached hydrogens (tertiary/aromatic N) is 5. The molecular weight excluding hydrogens is 408 g/mol. The summed E-state index contributed by atoms with van der Waals surface area (Å²) in [7, 11) is -4.35. The summed E-state index contributed by atoms with van der Waals surface area (Å²) >= 11 is 5.99. The summed E-state index contributed by atoms with van der Waals surface area (Å²) in [5.41, 5.74) is 1.68. The number of anilines is 1. The fraction of sp³-hybridized carbons (Fsp3) is 0.0625. The molecule has 3 N–H and O–H groups in total. The van der Waals surface area contributed by atoms with Crippen LogP contribution in [0.15, 0.2) is 49.1 Å². The Morgan fingerprint density at radius 3 is 2.46 bits per heavy atom. The van der Waals surface area contributed by atoms with Crippen molar-refractivity contribution in [2.45, 2.75) is 6.54 Å². The molecule has 0 aliphatic heterocycles. The van der Waals surface area contributed by atoms with Gasteiger partial charge in [-0.3, -0.25) is 5.01 Å². The Balaban J connectivity index is 2.00. The van der Waals surface area contributed by atoms with E-state index in [2.05, 4.69) is 14.4 Å². The minimum atomic E-state index is -4.35. The van der Waals surface area contributed by atoms with Gasteiger partial charge < -0.3 is 9.29 Å². The summed E-state index contributed by atoms with van der Waals surface area (Å²) in [6.07, 6.45) is 2.92. The standard InChI is InChI=1S/C16H13ClN6O4S/c17-14-5-12(6-15(16(14)24)27-28(19,25)26)8-23(22-9-20-21-10-22)13-3-1-11(7-18)2-4-13/h1-6,9-10,24H,8H2,(H2,19,25,26). The van der Waals surface area contributed by atoms with Gasteiger partial charge in [-0.2, -0.15) is 18.8 Å². The molecule has 10 nitrogen and oxygen atoms in total. The molecule has 0 aliphatic rings. The van der Waals surface area contributed by atoms with Crippen molar-refractivity contribution in [2.75, 3.05) is 5.01 Å². The van der Waals surface area contributed by atoms with Crippen molar-refractivity contribution in [1.82, 2.24) is 14.9 Å². The third-order valence-electron chi connectivity index (χ3n) is 3.61. The van der Waals surface area contributed by atoms with Crippen LogP contribution in [-0.4, -0.2) is 28.4 Å². The fourth-order valence-electron chi connectivity index (χ4n) is 2.41. The Morgan fingerprint density at radius 2 is 1.89 bits per heavy atom. The number of benzene rings is 2. The molecule has 0 atom stereocenters. The molecule has 28 heavy (non-hydrogen) atoms. The monoisotopic (exact) mass is 420 g/mol. The molecule has 0 amide bonds. The summed E-state index contributed by atoms with van der Waals surface area (Å²) in [6.45, 7) is 0.172. The van der Waals surface area contributed by atoms with Crippen molar-refractivity contribution in [3.05, 3.63) is 65.2 Å². The second-order valence-corrected chi connectivity index (χ2v) is 7.12. The fourth-order valence-corrected chi connectivity index (χ4v) is 3.02. The van der Waals surface area contributed by atoms with E-state index >= 15 is 0 Å². The van der Waals surface area contributed by atoms with Gasteiger partial charge in [0.1, 0.15) is 12.7 Å². The second kappa shape index (κ2) is 7.73. The number of hydrogen-bond acceptors (Lipinski definition) is 8. The molecule has 1 aromatic heterocycles. The molecule has 144 valence electrons. The van der Waals surface area contributed by atoms with Crippen LogP contribution in [-0.2, 0) is 16.8 Å². The maximum absolute atomic E-state index is 11.2. The molecule has 0 spiro atoms. The highest BCUT2D eigenvalue weighted by Gasteiger charge is 2.17. The van der Waals surface area contributed by atoms with Gasteiger partial charge in [0.2, 0.25) is 0 Å². The predicted octanol–water partition coefficient (Wildman–Crippen LogP) is 1.56.